The predicted octanol–water partition coefficient (Wildman–Crippen LogP) is 1.73. The largest absolute Gasteiger partial charge is 0.493 e. The molecule has 1 aromatic carbocycles. The van der Waals surface area contributed by atoms with Crippen LogP contribution in [0.25, 0.3) is 0 Å². The summed E-state index contributed by atoms with van der Waals surface area (Å²) < 4.78 is 10.5. The zero-order valence-corrected chi connectivity index (χ0v) is 14.6. The smallest absolute Gasteiger partial charge is 0.216 e. The second kappa shape index (κ2) is 8.68. The van der Waals surface area contributed by atoms with Gasteiger partial charge in [0.1, 0.15) is 0 Å². The fourth-order valence-electron chi connectivity index (χ4n) is 3.09. The average molecular weight is 334 g/mol. The van der Waals surface area contributed by atoms with Crippen molar-refractivity contribution in [3.63, 3.8) is 0 Å². The van der Waals surface area contributed by atoms with E-state index < -0.39 is 0 Å². The Hall–Kier alpha value is -2.08. The number of nitrogens with zero attached hydrogens (tertiary/aromatic N) is 1. The Bertz CT molecular complexity index is 588. The number of carbonyl (C=O) groups is 2. The Morgan fingerprint density at radius 2 is 2.00 bits per heavy atom. The van der Waals surface area contributed by atoms with E-state index in [1.807, 2.05) is 0 Å². The van der Waals surface area contributed by atoms with Gasteiger partial charge < -0.3 is 19.7 Å². The van der Waals surface area contributed by atoms with Crippen LogP contribution in [0.2, 0.25) is 0 Å². The number of ketones is 1. The fraction of sp³-hybridized carbons (Fsp3) is 0.556. The molecule has 1 amide bonds. The summed E-state index contributed by atoms with van der Waals surface area (Å²) >= 11 is 0. The molecule has 6 heteroatoms. The maximum Gasteiger partial charge on any atom is 0.216 e. The van der Waals surface area contributed by atoms with Crippen LogP contribution >= 0.6 is 0 Å². The predicted molar refractivity (Wildman–Crippen MR) is 91.7 cm³/mol. The fourth-order valence-corrected chi connectivity index (χ4v) is 3.09. The Morgan fingerprint density at radius 1 is 1.25 bits per heavy atom. The zero-order chi connectivity index (χ0) is 17.5. The molecule has 0 spiro atoms. The van der Waals surface area contributed by atoms with Gasteiger partial charge in [-0.05, 0) is 37.6 Å². The lowest BCUT2D eigenvalue weighted by Gasteiger charge is -2.32. The molecule has 24 heavy (non-hydrogen) atoms. The third kappa shape index (κ3) is 4.71. The van der Waals surface area contributed by atoms with E-state index in [1.54, 1.807) is 32.4 Å². The summed E-state index contributed by atoms with van der Waals surface area (Å²) in [4.78, 5) is 26.0. The first-order valence-corrected chi connectivity index (χ1v) is 8.28. The van der Waals surface area contributed by atoms with Crippen LogP contribution < -0.4 is 14.8 Å². The Kier molecular flexibility index (Phi) is 6.61. The summed E-state index contributed by atoms with van der Waals surface area (Å²) in [6.45, 7) is 4.60. The molecule has 2 rings (SSSR count). The Morgan fingerprint density at radius 3 is 2.67 bits per heavy atom. The molecule has 0 saturated carbocycles. The van der Waals surface area contributed by atoms with Crippen molar-refractivity contribution in [3.8, 4) is 11.5 Å². The average Bonchev–Trinajstić information content (AvgIpc) is 2.60. The molecular formula is C18H26N2O4. The number of hydrogen-bond acceptors (Lipinski definition) is 5. The van der Waals surface area contributed by atoms with Gasteiger partial charge in [0.15, 0.2) is 17.3 Å². The number of likely N-dealkylation sites (tertiary alicyclic amines) is 1. The molecule has 1 saturated heterocycles. The maximum atomic E-state index is 12.8. The number of hydrogen-bond donors (Lipinski definition) is 1. The molecule has 1 aliphatic heterocycles. The highest BCUT2D eigenvalue weighted by molar-refractivity contribution is 5.98. The van der Waals surface area contributed by atoms with Crippen molar-refractivity contribution < 1.29 is 19.1 Å². The molecule has 1 aromatic rings. The van der Waals surface area contributed by atoms with E-state index in [1.165, 1.54) is 6.92 Å². The molecule has 0 aliphatic carbocycles. The van der Waals surface area contributed by atoms with Crippen LogP contribution in [0.5, 0.6) is 11.5 Å². The summed E-state index contributed by atoms with van der Waals surface area (Å²) in [5.74, 6) is 1.29. The summed E-state index contributed by atoms with van der Waals surface area (Å²) in [7, 11) is 3.14. The van der Waals surface area contributed by atoms with E-state index in [4.69, 9.17) is 9.47 Å². The van der Waals surface area contributed by atoms with E-state index in [0.29, 0.717) is 23.6 Å². The second-order valence-corrected chi connectivity index (χ2v) is 6.06. The van der Waals surface area contributed by atoms with Crippen LogP contribution in [0.15, 0.2) is 18.2 Å². The third-order valence-electron chi connectivity index (χ3n) is 4.35. The summed E-state index contributed by atoms with van der Waals surface area (Å²) in [6, 6.07) is 5.31. The highest BCUT2D eigenvalue weighted by Gasteiger charge is 2.27. The highest BCUT2D eigenvalue weighted by Crippen LogP contribution is 2.29. The topological polar surface area (TPSA) is 67.9 Å². The third-order valence-corrected chi connectivity index (χ3v) is 4.35. The molecule has 0 radical (unpaired) electrons. The lowest BCUT2D eigenvalue weighted by atomic mass is 9.90. The van der Waals surface area contributed by atoms with E-state index in [0.717, 1.165) is 32.5 Å². The monoisotopic (exact) mass is 334 g/mol. The number of rotatable bonds is 7. The lowest BCUT2D eigenvalue weighted by Crippen LogP contribution is -2.42. The quantitative estimate of drug-likeness (QED) is 0.769. The van der Waals surface area contributed by atoms with Crippen LogP contribution in [0.4, 0.5) is 0 Å². The molecule has 1 fully saturated rings. The number of amides is 1. The van der Waals surface area contributed by atoms with Gasteiger partial charge in [-0.2, -0.15) is 0 Å². The minimum atomic E-state index is -0.0232. The van der Waals surface area contributed by atoms with Gasteiger partial charge in [0.05, 0.1) is 14.2 Å². The lowest BCUT2D eigenvalue weighted by molar-refractivity contribution is -0.119. The molecule has 132 valence electrons. The highest BCUT2D eigenvalue weighted by atomic mass is 16.5. The van der Waals surface area contributed by atoms with E-state index in [2.05, 4.69) is 10.2 Å². The number of carbonyl (C=O) groups excluding carboxylic acids is 2. The SMILES string of the molecule is COc1ccc(C(=O)C2CCCN(CCNC(C)=O)C2)cc1OC. The number of methoxy groups -OCH3 is 2. The molecule has 1 N–H and O–H groups in total. The number of nitrogens with one attached hydrogen (secondary N) is 1. The summed E-state index contributed by atoms with van der Waals surface area (Å²) in [5, 5.41) is 2.80. The van der Waals surface area contributed by atoms with Gasteiger partial charge >= 0.3 is 0 Å². The van der Waals surface area contributed by atoms with E-state index in [9.17, 15) is 9.59 Å². The zero-order valence-electron chi connectivity index (χ0n) is 14.6. The number of benzene rings is 1. The maximum absolute atomic E-state index is 12.8. The van der Waals surface area contributed by atoms with Crippen LogP contribution in [0.3, 0.4) is 0 Å². The van der Waals surface area contributed by atoms with Crippen LogP contribution in [-0.4, -0.2) is 57.0 Å². The van der Waals surface area contributed by atoms with Crippen molar-refractivity contribution in [1.82, 2.24) is 10.2 Å². The van der Waals surface area contributed by atoms with Crippen LogP contribution in [0, 0.1) is 5.92 Å². The normalized spacial score (nSPS) is 18.0. The van der Waals surface area contributed by atoms with E-state index in [-0.39, 0.29) is 17.6 Å². The van der Waals surface area contributed by atoms with Gasteiger partial charge in [0.25, 0.3) is 0 Å². The number of ether oxygens (including phenoxy) is 2. The first-order chi connectivity index (χ1) is 11.5. The molecule has 1 unspecified atom stereocenters. The minimum absolute atomic E-state index is 0.0193. The molecular weight excluding hydrogens is 308 g/mol. The summed E-state index contributed by atoms with van der Waals surface area (Å²) in [6.07, 6.45) is 1.88. The van der Waals surface area contributed by atoms with Crippen LogP contribution in [0.1, 0.15) is 30.1 Å². The Balaban J connectivity index is 1.99. The van der Waals surface area contributed by atoms with Crippen molar-refractivity contribution in [2.45, 2.75) is 19.8 Å². The van der Waals surface area contributed by atoms with Gasteiger partial charge in [-0.1, -0.05) is 0 Å². The first-order valence-electron chi connectivity index (χ1n) is 8.28. The van der Waals surface area contributed by atoms with Crippen molar-refractivity contribution in [1.29, 1.82) is 0 Å². The molecule has 6 nitrogen and oxygen atoms in total. The van der Waals surface area contributed by atoms with Crippen LogP contribution in [-0.2, 0) is 4.79 Å². The van der Waals surface area contributed by atoms with Gasteiger partial charge in [-0.15, -0.1) is 0 Å². The van der Waals surface area contributed by atoms with Crippen molar-refractivity contribution in [2.24, 2.45) is 5.92 Å². The second-order valence-electron chi connectivity index (χ2n) is 6.06. The summed E-state index contributed by atoms with van der Waals surface area (Å²) in [5.41, 5.74) is 0.654. The number of piperidine rings is 1. The molecule has 1 heterocycles. The van der Waals surface area contributed by atoms with Gasteiger partial charge in [0, 0.05) is 38.0 Å². The van der Waals surface area contributed by atoms with E-state index >= 15 is 0 Å². The Labute approximate surface area is 143 Å². The standard InChI is InChI=1S/C18H26N2O4/c1-13(21)19-8-10-20-9-4-5-15(12-20)18(22)14-6-7-16(23-2)17(11-14)24-3/h6-7,11,15H,4-5,8-10,12H2,1-3H3,(H,19,21). The molecule has 0 aromatic heterocycles. The minimum Gasteiger partial charge on any atom is -0.493 e. The molecule has 1 aliphatic rings. The number of Topliss-reactive ketones (excluding diaryl/α,β-unsaturated/α-hetero) is 1. The van der Waals surface area contributed by atoms with Crippen molar-refractivity contribution in [2.75, 3.05) is 40.4 Å². The first kappa shape index (κ1) is 18.3. The van der Waals surface area contributed by atoms with Crippen molar-refractivity contribution >= 4 is 11.7 Å². The van der Waals surface area contributed by atoms with Gasteiger partial charge in [0.2, 0.25) is 5.91 Å². The van der Waals surface area contributed by atoms with Gasteiger partial charge in [-0.25, -0.2) is 0 Å². The molecule has 0 bridgehead atoms. The molecule has 1 atom stereocenters. The van der Waals surface area contributed by atoms with Crippen molar-refractivity contribution in [3.05, 3.63) is 23.8 Å². The van der Waals surface area contributed by atoms with Gasteiger partial charge in [-0.3, -0.25) is 9.59 Å².